The zero-order valence-electron chi connectivity index (χ0n) is 16.3. The van der Waals surface area contributed by atoms with Gasteiger partial charge < -0.3 is 9.97 Å². The fraction of sp³-hybridized carbons (Fsp3) is 0.174. The van der Waals surface area contributed by atoms with Crippen molar-refractivity contribution in [2.75, 3.05) is 0 Å². The second kappa shape index (κ2) is 6.60. The Bertz CT molecular complexity index is 1470. The van der Waals surface area contributed by atoms with Crippen molar-refractivity contribution in [1.29, 1.82) is 0 Å². The molecule has 1 aliphatic rings. The minimum absolute atomic E-state index is 0.0878. The van der Waals surface area contributed by atoms with E-state index >= 15 is 0 Å². The monoisotopic (exact) mass is 413 g/mol. The number of hydrogen-bond acceptors (Lipinski definition) is 4. The maximum atomic E-state index is 12.8. The minimum atomic E-state index is -0.0878. The number of aromatic amines is 2. The van der Waals surface area contributed by atoms with Crippen LogP contribution in [-0.4, -0.2) is 24.7 Å². The summed E-state index contributed by atoms with van der Waals surface area (Å²) in [7, 11) is 0. The lowest BCUT2D eigenvalue weighted by molar-refractivity contribution is 0.669. The highest BCUT2D eigenvalue weighted by molar-refractivity contribution is 7.99. The van der Waals surface area contributed by atoms with Gasteiger partial charge in [-0.2, -0.15) is 0 Å². The Labute approximate surface area is 176 Å². The standard InChI is InChI=1S/C23H19N5OS/c1-13-15-6-2-5-9-19(15)25-22(29)20(13)30-23-27-26-21(28(23)14-10-11-14)17-12-24-18-8-4-3-7-16(17)18/h2-9,12,14,24H,10-11H2,1H3,(H,25,29). The molecule has 0 saturated heterocycles. The largest absolute Gasteiger partial charge is 0.360 e. The summed E-state index contributed by atoms with van der Waals surface area (Å²) in [6.45, 7) is 2.00. The smallest absolute Gasteiger partial charge is 0.262 e. The Balaban J connectivity index is 1.49. The number of H-pyrrole nitrogens is 2. The predicted octanol–water partition coefficient (Wildman–Crippen LogP) is 5.06. The topological polar surface area (TPSA) is 79.4 Å². The Hall–Kier alpha value is -3.32. The van der Waals surface area contributed by atoms with Crippen LogP contribution < -0.4 is 5.56 Å². The molecule has 0 unspecified atom stereocenters. The molecular formula is C23H19N5OS. The molecule has 6 nitrogen and oxygen atoms in total. The van der Waals surface area contributed by atoms with Crippen LogP contribution in [0, 0.1) is 6.92 Å². The first kappa shape index (κ1) is 17.5. The molecular weight excluding hydrogens is 394 g/mol. The van der Waals surface area contributed by atoms with Gasteiger partial charge in [0.25, 0.3) is 5.56 Å². The number of nitrogens with one attached hydrogen (secondary N) is 2. The second-order valence-electron chi connectivity index (χ2n) is 7.71. The Morgan fingerprint density at radius 2 is 1.73 bits per heavy atom. The highest BCUT2D eigenvalue weighted by Gasteiger charge is 2.31. The van der Waals surface area contributed by atoms with Crippen LogP contribution in [-0.2, 0) is 0 Å². The lowest BCUT2D eigenvalue weighted by atomic mass is 10.1. The zero-order chi connectivity index (χ0) is 20.2. The SMILES string of the molecule is Cc1c(Sc2nnc(-c3c[nH]c4ccccc34)n2C2CC2)c(=O)[nH]c2ccccc12. The fourth-order valence-corrected chi connectivity index (χ4v) is 5.06. The van der Waals surface area contributed by atoms with Crippen LogP contribution in [0.1, 0.15) is 24.4 Å². The van der Waals surface area contributed by atoms with Crippen molar-refractivity contribution in [1.82, 2.24) is 24.7 Å². The zero-order valence-corrected chi connectivity index (χ0v) is 17.2. The summed E-state index contributed by atoms with van der Waals surface area (Å²) in [5.74, 6) is 0.854. The van der Waals surface area contributed by atoms with Crippen LogP contribution in [0.3, 0.4) is 0 Å². The lowest BCUT2D eigenvalue weighted by Gasteiger charge is -2.10. The minimum Gasteiger partial charge on any atom is -0.360 e. The van der Waals surface area contributed by atoms with Crippen LogP contribution in [0.2, 0.25) is 0 Å². The van der Waals surface area contributed by atoms with Gasteiger partial charge in [-0.15, -0.1) is 10.2 Å². The van der Waals surface area contributed by atoms with E-state index in [1.165, 1.54) is 11.8 Å². The van der Waals surface area contributed by atoms with Crippen molar-refractivity contribution in [3.8, 4) is 11.4 Å². The molecule has 6 rings (SSSR count). The molecule has 0 aliphatic heterocycles. The predicted molar refractivity (Wildman–Crippen MR) is 119 cm³/mol. The van der Waals surface area contributed by atoms with Gasteiger partial charge in [-0.3, -0.25) is 9.36 Å². The maximum Gasteiger partial charge on any atom is 0.262 e. The number of aromatic nitrogens is 5. The van der Waals surface area contributed by atoms with Gasteiger partial charge in [0, 0.05) is 39.6 Å². The summed E-state index contributed by atoms with van der Waals surface area (Å²) < 4.78 is 2.20. The van der Waals surface area contributed by atoms with E-state index in [9.17, 15) is 4.79 Å². The molecule has 1 aliphatic carbocycles. The number of pyridine rings is 1. The summed E-state index contributed by atoms with van der Waals surface area (Å²) >= 11 is 1.41. The van der Waals surface area contributed by atoms with Crippen molar-refractivity contribution < 1.29 is 0 Å². The Morgan fingerprint density at radius 1 is 1.00 bits per heavy atom. The number of fused-ring (bicyclic) bond motifs is 2. The molecule has 148 valence electrons. The van der Waals surface area contributed by atoms with Crippen molar-refractivity contribution in [2.24, 2.45) is 0 Å². The van der Waals surface area contributed by atoms with E-state index in [4.69, 9.17) is 0 Å². The molecule has 0 spiro atoms. The van der Waals surface area contributed by atoms with Crippen LogP contribution >= 0.6 is 11.8 Å². The number of nitrogens with zero attached hydrogens (tertiary/aromatic N) is 3. The van der Waals surface area contributed by atoms with E-state index in [0.29, 0.717) is 10.9 Å². The molecule has 3 aromatic heterocycles. The van der Waals surface area contributed by atoms with Gasteiger partial charge in [-0.05, 0) is 49.2 Å². The van der Waals surface area contributed by atoms with E-state index in [-0.39, 0.29) is 5.56 Å². The van der Waals surface area contributed by atoms with E-state index in [0.717, 1.165) is 56.8 Å². The molecule has 1 fully saturated rings. The van der Waals surface area contributed by atoms with Crippen LogP contribution in [0.25, 0.3) is 33.2 Å². The summed E-state index contributed by atoms with van der Waals surface area (Å²) in [6.07, 6.45) is 4.21. The van der Waals surface area contributed by atoms with Crippen LogP contribution in [0.5, 0.6) is 0 Å². The summed E-state index contributed by atoms with van der Waals surface area (Å²) in [6, 6.07) is 16.5. The highest BCUT2D eigenvalue weighted by Crippen LogP contribution is 2.43. The Kier molecular flexibility index (Phi) is 3.86. The third-order valence-corrected chi connectivity index (χ3v) is 6.88. The summed E-state index contributed by atoms with van der Waals surface area (Å²) in [5.41, 5.74) is 3.86. The third kappa shape index (κ3) is 2.69. The van der Waals surface area contributed by atoms with Gasteiger partial charge in [-0.1, -0.05) is 36.4 Å². The number of aryl methyl sites for hydroxylation is 1. The molecule has 1 saturated carbocycles. The van der Waals surface area contributed by atoms with E-state index in [2.05, 4.69) is 36.9 Å². The van der Waals surface area contributed by atoms with E-state index in [1.54, 1.807) is 0 Å². The van der Waals surface area contributed by atoms with Gasteiger partial charge >= 0.3 is 0 Å². The number of hydrogen-bond donors (Lipinski definition) is 2. The highest BCUT2D eigenvalue weighted by atomic mass is 32.2. The molecule has 0 amide bonds. The van der Waals surface area contributed by atoms with E-state index < -0.39 is 0 Å². The average molecular weight is 414 g/mol. The van der Waals surface area contributed by atoms with Gasteiger partial charge in [0.2, 0.25) is 0 Å². The molecule has 2 N–H and O–H groups in total. The fourth-order valence-electron chi connectivity index (χ4n) is 4.05. The normalized spacial score (nSPS) is 14.0. The Morgan fingerprint density at radius 3 is 2.53 bits per heavy atom. The molecule has 5 aromatic rings. The molecule has 0 bridgehead atoms. The first-order valence-corrected chi connectivity index (χ1v) is 10.8. The first-order valence-electron chi connectivity index (χ1n) is 10.0. The molecule has 0 atom stereocenters. The number of rotatable bonds is 4. The van der Waals surface area contributed by atoms with Crippen LogP contribution in [0.4, 0.5) is 0 Å². The van der Waals surface area contributed by atoms with Gasteiger partial charge in [0.15, 0.2) is 11.0 Å². The molecule has 7 heteroatoms. The molecule has 2 aromatic carbocycles. The van der Waals surface area contributed by atoms with Crippen molar-refractivity contribution in [3.63, 3.8) is 0 Å². The molecule has 0 radical (unpaired) electrons. The third-order valence-electron chi connectivity index (χ3n) is 5.73. The maximum absolute atomic E-state index is 12.8. The van der Waals surface area contributed by atoms with Crippen molar-refractivity contribution >= 4 is 33.6 Å². The van der Waals surface area contributed by atoms with E-state index in [1.807, 2.05) is 49.5 Å². The molecule has 3 heterocycles. The number of para-hydroxylation sites is 2. The number of benzene rings is 2. The quantitative estimate of drug-likeness (QED) is 0.431. The summed E-state index contributed by atoms with van der Waals surface area (Å²) in [4.78, 5) is 19.8. The van der Waals surface area contributed by atoms with Crippen molar-refractivity contribution in [2.45, 2.75) is 35.9 Å². The van der Waals surface area contributed by atoms with Gasteiger partial charge in [0.1, 0.15) is 0 Å². The van der Waals surface area contributed by atoms with Crippen molar-refractivity contribution in [3.05, 3.63) is 70.6 Å². The molecule has 30 heavy (non-hydrogen) atoms. The van der Waals surface area contributed by atoms with Gasteiger partial charge in [0.05, 0.1) is 4.90 Å². The summed E-state index contributed by atoms with van der Waals surface area (Å²) in [5, 5.41) is 12.0. The first-order chi connectivity index (χ1) is 14.7. The lowest BCUT2D eigenvalue weighted by Crippen LogP contribution is -2.11. The van der Waals surface area contributed by atoms with Gasteiger partial charge in [-0.25, -0.2) is 0 Å². The second-order valence-corrected chi connectivity index (χ2v) is 8.69. The van der Waals surface area contributed by atoms with Crippen LogP contribution in [0.15, 0.2) is 69.6 Å². The average Bonchev–Trinajstić information content (AvgIpc) is 3.38.